The standard InChI is InChI=1S/C14H9Cl2FO2/c15-10-3-1-9(2-4-10)14(18)8-19-11-5-6-13(17)12(16)7-11/h1-7H,8H2. The Balaban J connectivity index is 2.00. The zero-order valence-corrected chi connectivity index (χ0v) is 11.2. The summed E-state index contributed by atoms with van der Waals surface area (Å²) in [5.74, 6) is -0.385. The van der Waals surface area contributed by atoms with Crippen molar-refractivity contribution in [3.05, 3.63) is 63.9 Å². The van der Waals surface area contributed by atoms with Gasteiger partial charge in [-0.2, -0.15) is 0 Å². The van der Waals surface area contributed by atoms with Crippen molar-refractivity contribution in [2.45, 2.75) is 0 Å². The third kappa shape index (κ3) is 3.69. The molecule has 0 aromatic heterocycles. The van der Waals surface area contributed by atoms with E-state index in [0.717, 1.165) is 0 Å². The maximum atomic E-state index is 12.9. The summed E-state index contributed by atoms with van der Waals surface area (Å²) in [6.45, 7) is -0.149. The summed E-state index contributed by atoms with van der Waals surface area (Å²) in [7, 11) is 0. The molecule has 0 saturated heterocycles. The van der Waals surface area contributed by atoms with Gasteiger partial charge in [0.05, 0.1) is 5.02 Å². The van der Waals surface area contributed by atoms with Gasteiger partial charge in [0.25, 0.3) is 0 Å². The minimum atomic E-state index is -0.530. The van der Waals surface area contributed by atoms with Crippen molar-refractivity contribution in [2.75, 3.05) is 6.61 Å². The molecule has 19 heavy (non-hydrogen) atoms. The van der Waals surface area contributed by atoms with Crippen LogP contribution in [0.1, 0.15) is 10.4 Å². The number of halogens is 3. The van der Waals surface area contributed by atoms with Gasteiger partial charge in [0.1, 0.15) is 11.6 Å². The molecule has 2 rings (SSSR count). The van der Waals surface area contributed by atoms with E-state index in [1.54, 1.807) is 24.3 Å². The molecule has 0 aliphatic rings. The molecule has 0 atom stereocenters. The summed E-state index contributed by atoms with van der Waals surface area (Å²) in [5, 5.41) is 0.513. The van der Waals surface area contributed by atoms with Gasteiger partial charge in [-0.3, -0.25) is 4.79 Å². The smallest absolute Gasteiger partial charge is 0.200 e. The van der Waals surface area contributed by atoms with Gasteiger partial charge >= 0.3 is 0 Å². The van der Waals surface area contributed by atoms with Crippen molar-refractivity contribution in [1.29, 1.82) is 0 Å². The van der Waals surface area contributed by atoms with Gasteiger partial charge in [-0.1, -0.05) is 23.2 Å². The molecule has 2 nitrogen and oxygen atoms in total. The van der Waals surface area contributed by atoms with Gasteiger partial charge in [-0.05, 0) is 36.4 Å². The predicted molar refractivity (Wildman–Crippen MR) is 72.7 cm³/mol. The molecule has 0 saturated carbocycles. The van der Waals surface area contributed by atoms with Crippen LogP contribution in [0.4, 0.5) is 4.39 Å². The minimum Gasteiger partial charge on any atom is -0.485 e. The van der Waals surface area contributed by atoms with Crippen LogP contribution in [-0.4, -0.2) is 12.4 Å². The number of benzene rings is 2. The van der Waals surface area contributed by atoms with Crippen LogP contribution in [0.15, 0.2) is 42.5 Å². The monoisotopic (exact) mass is 298 g/mol. The van der Waals surface area contributed by atoms with Crippen LogP contribution >= 0.6 is 23.2 Å². The Kier molecular flexibility index (Phi) is 4.40. The lowest BCUT2D eigenvalue weighted by Gasteiger charge is -2.06. The number of hydrogen-bond donors (Lipinski definition) is 0. The van der Waals surface area contributed by atoms with E-state index >= 15 is 0 Å². The lowest BCUT2D eigenvalue weighted by molar-refractivity contribution is 0.0921. The van der Waals surface area contributed by atoms with E-state index in [9.17, 15) is 9.18 Å². The summed E-state index contributed by atoms with van der Waals surface area (Å²) in [6.07, 6.45) is 0. The molecular formula is C14H9Cl2FO2. The molecule has 0 heterocycles. The van der Waals surface area contributed by atoms with Crippen molar-refractivity contribution < 1.29 is 13.9 Å². The number of carbonyl (C=O) groups is 1. The second kappa shape index (κ2) is 6.04. The Labute approximate surface area is 119 Å². The fraction of sp³-hybridized carbons (Fsp3) is 0.0714. The summed E-state index contributed by atoms with van der Waals surface area (Å²) in [6, 6.07) is 10.4. The molecule has 0 bridgehead atoms. The zero-order chi connectivity index (χ0) is 13.8. The van der Waals surface area contributed by atoms with Gasteiger partial charge in [0.15, 0.2) is 12.4 Å². The molecule has 0 aliphatic carbocycles. The molecule has 2 aromatic carbocycles. The Morgan fingerprint density at radius 3 is 2.42 bits per heavy atom. The zero-order valence-electron chi connectivity index (χ0n) is 9.70. The Morgan fingerprint density at radius 1 is 1.11 bits per heavy atom. The van der Waals surface area contributed by atoms with E-state index in [1.807, 2.05) is 0 Å². The highest BCUT2D eigenvalue weighted by Crippen LogP contribution is 2.21. The molecule has 0 spiro atoms. The van der Waals surface area contributed by atoms with E-state index in [0.29, 0.717) is 16.3 Å². The lowest BCUT2D eigenvalue weighted by atomic mass is 10.1. The van der Waals surface area contributed by atoms with Crippen LogP contribution in [0.2, 0.25) is 10.0 Å². The van der Waals surface area contributed by atoms with Crippen molar-refractivity contribution >= 4 is 29.0 Å². The third-order valence-electron chi connectivity index (χ3n) is 2.43. The first-order chi connectivity index (χ1) is 9.06. The quantitative estimate of drug-likeness (QED) is 0.782. The Bertz CT molecular complexity index is 597. The van der Waals surface area contributed by atoms with Crippen LogP contribution < -0.4 is 4.74 Å². The third-order valence-corrected chi connectivity index (χ3v) is 2.97. The average molecular weight is 299 g/mol. The maximum absolute atomic E-state index is 12.9. The molecule has 0 fully saturated rings. The van der Waals surface area contributed by atoms with E-state index in [2.05, 4.69) is 0 Å². The number of Topliss-reactive ketones (excluding diaryl/α,β-unsaturated/α-hetero) is 1. The van der Waals surface area contributed by atoms with Crippen molar-refractivity contribution in [3.63, 3.8) is 0 Å². The molecule has 0 amide bonds. The largest absolute Gasteiger partial charge is 0.485 e. The summed E-state index contributed by atoms with van der Waals surface area (Å²) >= 11 is 11.3. The van der Waals surface area contributed by atoms with Crippen LogP contribution in [0.25, 0.3) is 0 Å². The normalized spacial score (nSPS) is 10.3. The fourth-order valence-corrected chi connectivity index (χ4v) is 1.73. The SMILES string of the molecule is O=C(COc1ccc(F)c(Cl)c1)c1ccc(Cl)cc1. The first-order valence-electron chi connectivity index (χ1n) is 5.43. The highest BCUT2D eigenvalue weighted by Gasteiger charge is 2.08. The average Bonchev–Trinajstić information content (AvgIpc) is 2.40. The molecule has 98 valence electrons. The fourth-order valence-electron chi connectivity index (χ4n) is 1.43. The first kappa shape index (κ1) is 13.8. The Hall–Kier alpha value is -1.58. The maximum Gasteiger partial charge on any atom is 0.200 e. The summed E-state index contributed by atoms with van der Waals surface area (Å²) in [4.78, 5) is 11.8. The number of rotatable bonds is 4. The van der Waals surface area contributed by atoms with Crippen LogP contribution in [0.5, 0.6) is 5.75 Å². The number of ketones is 1. The predicted octanol–water partition coefficient (Wildman–Crippen LogP) is 4.39. The van der Waals surface area contributed by atoms with Crippen LogP contribution in [0.3, 0.4) is 0 Å². The highest BCUT2D eigenvalue weighted by atomic mass is 35.5. The van der Waals surface area contributed by atoms with Crippen molar-refractivity contribution in [1.82, 2.24) is 0 Å². The van der Waals surface area contributed by atoms with Gasteiger partial charge in [0, 0.05) is 16.7 Å². The van der Waals surface area contributed by atoms with Gasteiger partial charge in [-0.15, -0.1) is 0 Å². The highest BCUT2D eigenvalue weighted by molar-refractivity contribution is 6.31. The molecule has 0 N–H and O–H groups in total. The van der Waals surface area contributed by atoms with Crippen molar-refractivity contribution in [2.24, 2.45) is 0 Å². The second-order valence-corrected chi connectivity index (χ2v) is 4.64. The number of hydrogen-bond acceptors (Lipinski definition) is 2. The van der Waals surface area contributed by atoms with E-state index in [4.69, 9.17) is 27.9 Å². The van der Waals surface area contributed by atoms with Crippen LogP contribution in [0, 0.1) is 5.82 Å². The van der Waals surface area contributed by atoms with Gasteiger partial charge in [-0.25, -0.2) is 4.39 Å². The summed E-state index contributed by atoms with van der Waals surface area (Å²) in [5.41, 5.74) is 0.498. The molecule has 0 unspecified atom stereocenters. The van der Waals surface area contributed by atoms with Gasteiger partial charge < -0.3 is 4.74 Å². The minimum absolute atomic E-state index is 0.0450. The molecular weight excluding hydrogens is 290 g/mol. The Morgan fingerprint density at radius 2 is 1.79 bits per heavy atom. The van der Waals surface area contributed by atoms with E-state index in [-0.39, 0.29) is 17.4 Å². The van der Waals surface area contributed by atoms with E-state index < -0.39 is 5.82 Å². The molecule has 2 aromatic rings. The number of ether oxygens (including phenoxy) is 1. The second-order valence-electron chi connectivity index (χ2n) is 3.79. The lowest BCUT2D eigenvalue weighted by Crippen LogP contribution is -2.11. The first-order valence-corrected chi connectivity index (χ1v) is 6.18. The topological polar surface area (TPSA) is 26.3 Å². The summed E-state index contributed by atoms with van der Waals surface area (Å²) < 4.78 is 18.2. The van der Waals surface area contributed by atoms with Crippen LogP contribution in [-0.2, 0) is 0 Å². The van der Waals surface area contributed by atoms with Crippen molar-refractivity contribution in [3.8, 4) is 5.75 Å². The number of carbonyl (C=O) groups excluding carboxylic acids is 1. The molecule has 0 aliphatic heterocycles. The molecule has 0 radical (unpaired) electrons. The van der Waals surface area contributed by atoms with E-state index in [1.165, 1.54) is 18.2 Å². The molecule has 5 heteroatoms. The van der Waals surface area contributed by atoms with Gasteiger partial charge in [0.2, 0.25) is 0 Å².